The van der Waals surface area contributed by atoms with E-state index < -0.39 is 0 Å². The zero-order chi connectivity index (χ0) is 23.1. The van der Waals surface area contributed by atoms with Gasteiger partial charge in [0.25, 0.3) is 0 Å². The van der Waals surface area contributed by atoms with Crippen LogP contribution in [0.2, 0.25) is 0 Å². The molecule has 0 saturated carbocycles. The van der Waals surface area contributed by atoms with Gasteiger partial charge in [0.15, 0.2) is 5.11 Å². The van der Waals surface area contributed by atoms with E-state index in [0.29, 0.717) is 10.8 Å². The van der Waals surface area contributed by atoms with Crippen LogP contribution in [0.5, 0.6) is 0 Å². The van der Waals surface area contributed by atoms with Crippen molar-refractivity contribution in [2.24, 2.45) is 0 Å². The van der Waals surface area contributed by atoms with E-state index in [1.54, 1.807) is 18.3 Å². The Morgan fingerprint density at radius 2 is 1.73 bits per heavy atom. The summed E-state index contributed by atoms with van der Waals surface area (Å²) in [5.74, 6) is -0.305. The average molecular weight is 457 g/mol. The fraction of sp³-hybridized carbons (Fsp3) is 0.185. The molecule has 0 amide bonds. The van der Waals surface area contributed by atoms with Gasteiger partial charge in [-0.2, -0.15) is 0 Å². The highest BCUT2D eigenvalue weighted by Gasteiger charge is 2.43. The number of rotatable bonds is 4. The maximum atomic E-state index is 15.0. The van der Waals surface area contributed by atoms with E-state index in [1.807, 2.05) is 29.2 Å². The fourth-order valence-corrected chi connectivity index (χ4v) is 5.17. The summed E-state index contributed by atoms with van der Waals surface area (Å²) >= 11 is 5.74. The second-order valence-electron chi connectivity index (χ2n) is 8.45. The van der Waals surface area contributed by atoms with Crippen molar-refractivity contribution in [3.05, 3.63) is 113 Å². The third-order valence-electron chi connectivity index (χ3n) is 6.26. The van der Waals surface area contributed by atoms with Crippen LogP contribution < -0.4 is 10.2 Å². The lowest BCUT2D eigenvalue weighted by molar-refractivity contribution is 0.556. The number of para-hydroxylation sites is 1. The minimum absolute atomic E-state index is 0.218. The number of nitrogens with one attached hydrogen (secondary N) is 1. The van der Waals surface area contributed by atoms with Gasteiger partial charge in [-0.25, -0.2) is 4.39 Å². The zero-order valence-electron chi connectivity index (χ0n) is 18.8. The van der Waals surface area contributed by atoms with Crippen molar-refractivity contribution in [3.8, 4) is 5.69 Å². The smallest absolute Gasteiger partial charge is 0.174 e. The molecule has 1 aliphatic heterocycles. The van der Waals surface area contributed by atoms with Gasteiger partial charge in [-0.3, -0.25) is 4.98 Å². The highest BCUT2D eigenvalue weighted by atomic mass is 32.1. The van der Waals surface area contributed by atoms with Gasteiger partial charge in [0.2, 0.25) is 0 Å². The Labute approximate surface area is 198 Å². The number of thiocarbonyl (C=S) groups is 1. The standard InChI is InChI=1S/C27H25FN4S/c1-17-9-8-10-20(15-17)31-18(2)16-21(19(31)3)26-25(23-12-6-7-14-29-23)30-27(33)32(26)24-13-5-4-11-22(24)28/h4-16,25-26H,1-3H3,(H,30,33)/t25-,26+/m1/s1. The van der Waals surface area contributed by atoms with Crippen LogP contribution >= 0.6 is 12.2 Å². The molecule has 2 aromatic heterocycles. The van der Waals surface area contributed by atoms with E-state index in [-0.39, 0.29) is 17.9 Å². The lowest BCUT2D eigenvalue weighted by Gasteiger charge is -2.28. The molecule has 166 valence electrons. The monoisotopic (exact) mass is 456 g/mol. The van der Waals surface area contributed by atoms with E-state index in [2.05, 4.69) is 66.0 Å². The van der Waals surface area contributed by atoms with Gasteiger partial charge >= 0.3 is 0 Å². The first-order chi connectivity index (χ1) is 16.0. The summed E-state index contributed by atoms with van der Waals surface area (Å²) in [5, 5.41) is 3.91. The maximum Gasteiger partial charge on any atom is 0.174 e. The number of halogens is 1. The Kier molecular flexibility index (Phi) is 5.46. The molecule has 1 fully saturated rings. The second-order valence-corrected chi connectivity index (χ2v) is 8.84. The van der Waals surface area contributed by atoms with Crippen LogP contribution in [0.15, 0.2) is 79.0 Å². The molecule has 4 nitrogen and oxygen atoms in total. The molecule has 0 radical (unpaired) electrons. The van der Waals surface area contributed by atoms with Gasteiger partial charge in [-0.1, -0.05) is 30.3 Å². The average Bonchev–Trinajstić information content (AvgIpc) is 3.30. The first-order valence-corrected chi connectivity index (χ1v) is 11.4. The summed E-state index contributed by atoms with van der Waals surface area (Å²) in [6.45, 7) is 6.30. The summed E-state index contributed by atoms with van der Waals surface area (Å²) in [6.07, 6.45) is 1.78. The lowest BCUT2D eigenvalue weighted by Crippen LogP contribution is -2.30. The van der Waals surface area contributed by atoms with Crippen LogP contribution in [0.25, 0.3) is 5.69 Å². The van der Waals surface area contributed by atoms with Gasteiger partial charge < -0.3 is 14.8 Å². The minimum Gasteiger partial charge on any atom is -0.351 e. The molecule has 33 heavy (non-hydrogen) atoms. The summed E-state index contributed by atoms with van der Waals surface area (Å²) in [6, 6.07) is 22.8. The van der Waals surface area contributed by atoms with Crippen LogP contribution in [-0.2, 0) is 0 Å². The highest BCUT2D eigenvalue weighted by molar-refractivity contribution is 7.80. The molecule has 4 aromatic rings. The quantitative estimate of drug-likeness (QED) is 0.376. The topological polar surface area (TPSA) is 33.1 Å². The van der Waals surface area contributed by atoms with Crippen molar-refractivity contribution >= 4 is 23.0 Å². The SMILES string of the molecule is Cc1cccc(-n2c(C)cc([C@H]3[C@@H](c4ccccn4)NC(=S)N3c3ccccc3F)c2C)c1. The van der Waals surface area contributed by atoms with Crippen molar-refractivity contribution in [3.63, 3.8) is 0 Å². The van der Waals surface area contributed by atoms with E-state index in [4.69, 9.17) is 12.2 Å². The van der Waals surface area contributed by atoms with Crippen LogP contribution in [0.4, 0.5) is 10.1 Å². The third-order valence-corrected chi connectivity index (χ3v) is 6.57. The molecule has 1 aliphatic rings. The summed E-state index contributed by atoms with van der Waals surface area (Å²) in [4.78, 5) is 6.50. The summed E-state index contributed by atoms with van der Waals surface area (Å²) in [5.41, 5.74) is 6.92. The number of pyridine rings is 1. The Morgan fingerprint density at radius 1 is 0.939 bits per heavy atom. The van der Waals surface area contributed by atoms with E-state index in [0.717, 1.165) is 28.3 Å². The number of anilines is 1. The number of nitrogens with zero attached hydrogens (tertiary/aromatic N) is 3. The zero-order valence-corrected chi connectivity index (χ0v) is 19.6. The minimum atomic E-state index is -0.305. The van der Waals surface area contributed by atoms with Gasteiger partial charge in [0, 0.05) is 23.3 Å². The highest BCUT2D eigenvalue weighted by Crippen LogP contribution is 2.44. The second kappa shape index (κ2) is 8.45. The first kappa shape index (κ1) is 21.3. The van der Waals surface area contributed by atoms with Gasteiger partial charge in [0.1, 0.15) is 5.82 Å². The molecule has 3 heterocycles. The van der Waals surface area contributed by atoms with Gasteiger partial charge in [-0.15, -0.1) is 0 Å². The predicted molar refractivity (Wildman–Crippen MR) is 134 cm³/mol. The van der Waals surface area contributed by atoms with Crippen LogP contribution in [0.3, 0.4) is 0 Å². The first-order valence-electron chi connectivity index (χ1n) is 11.0. The fourth-order valence-electron chi connectivity index (χ4n) is 4.83. The lowest BCUT2D eigenvalue weighted by atomic mass is 9.96. The molecule has 6 heteroatoms. The Morgan fingerprint density at radius 3 is 2.45 bits per heavy atom. The van der Waals surface area contributed by atoms with E-state index in [9.17, 15) is 4.39 Å². The van der Waals surface area contributed by atoms with E-state index in [1.165, 1.54) is 11.6 Å². The maximum absolute atomic E-state index is 15.0. The van der Waals surface area contributed by atoms with Crippen LogP contribution in [0, 0.1) is 26.6 Å². The predicted octanol–water partition coefficient (Wildman–Crippen LogP) is 6.11. The normalized spacial score (nSPS) is 17.9. The van der Waals surface area contributed by atoms with Crippen LogP contribution in [-0.4, -0.2) is 14.7 Å². The molecule has 0 unspecified atom stereocenters. The molecule has 0 aliphatic carbocycles. The number of aromatic nitrogens is 2. The molecular weight excluding hydrogens is 431 g/mol. The number of hydrogen-bond donors (Lipinski definition) is 1. The van der Waals surface area contributed by atoms with Crippen molar-refractivity contribution in [1.82, 2.24) is 14.9 Å². The molecule has 2 atom stereocenters. The molecule has 5 rings (SSSR count). The molecule has 2 aromatic carbocycles. The Hall–Kier alpha value is -3.51. The number of hydrogen-bond acceptors (Lipinski definition) is 2. The summed E-state index contributed by atoms with van der Waals surface area (Å²) < 4.78 is 17.2. The Balaban J connectivity index is 1.70. The largest absolute Gasteiger partial charge is 0.351 e. The Bertz CT molecular complexity index is 1330. The number of benzene rings is 2. The van der Waals surface area contributed by atoms with Crippen molar-refractivity contribution in [2.75, 3.05) is 4.90 Å². The molecular formula is C27H25FN4S. The van der Waals surface area contributed by atoms with Crippen molar-refractivity contribution < 1.29 is 4.39 Å². The van der Waals surface area contributed by atoms with Crippen molar-refractivity contribution in [2.45, 2.75) is 32.9 Å². The molecule has 0 bridgehead atoms. The molecule has 0 spiro atoms. The van der Waals surface area contributed by atoms with Gasteiger partial charge in [-0.05, 0) is 86.6 Å². The number of aryl methyl sites for hydroxylation is 2. The van der Waals surface area contributed by atoms with Crippen molar-refractivity contribution in [1.29, 1.82) is 0 Å². The van der Waals surface area contributed by atoms with Crippen LogP contribution in [0.1, 0.15) is 40.3 Å². The third kappa shape index (κ3) is 3.70. The van der Waals surface area contributed by atoms with E-state index >= 15 is 0 Å². The molecule has 1 saturated heterocycles. The van der Waals surface area contributed by atoms with Gasteiger partial charge in [0.05, 0.1) is 23.5 Å². The summed E-state index contributed by atoms with van der Waals surface area (Å²) in [7, 11) is 0. The molecule has 1 N–H and O–H groups in total.